The van der Waals surface area contributed by atoms with Crippen molar-refractivity contribution in [1.29, 1.82) is 0 Å². The van der Waals surface area contributed by atoms with Gasteiger partial charge in [-0.2, -0.15) is 0 Å². The second kappa shape index (κ2) is 6.90. The summed E-state index contributed by atoms with van der Waals surface area (Å²) < 4.78 is 17.8. The first kappa shape index (κ1) is 16.3. The lowest BCUT2D eigenvalue weighted by Crippen LogP contribution is -2.28. The van der Waals surface area contributed by atoms with E-state index in [9.17, 15) is 4.79 Å². The van der Waals surface area contributed by atoms with E-state index >= 15 is 0 Å². The fourth-order valence-electron chi connectivity index (χ4n) is 2.98. The Balaban J connectivity index is 1.94. The lowest BCUT2D eigenvalue weighted by Gasteiger charge is -2.22. The van der Waals surface area contributed by atoms with Gasteiger partial charge in [0.2, 0.25) is 0 Å². The van der Waals surface area contributed by atoms with Gasteiger partial charge in [-0.1, -0.05) is 0 Å². The average molecular weight is 331 g/mol. The van der Waals surface area contributed by atoms with E-state index in [1.165, 1.54) is 7.11 Å². The van der Waals surface area contributed by atoms with Crippen LogP contribution in [0.5, 0.6) is 11.5 Å². The summed E-state index contributed by atoms with van der Waals surface area (Å²) in [6, 6.07) is 5.66. The second-order valence-corrected chi connectivity index (χ2v) is 5.61. The molecule has 7 heteroatoms. The van der Waals surface area contributed by atoms with Gasteiger partial charge < -0.3 is 18.8 Å². The van der Waals surface area contributed by atoms with E-state index in [1.807, 2.05) is 29.7 Å². The van der Waals surface area contributed by atoms with Crippen LogP contribution >= 0.6 is 0 Å². The van der Waals surface area contributed by atoms with Gasteiger partial charge >= 0.3 is 5.97 Å². The molecule has 1 aliphatic rings. The Bertz CT molecular complexity index is 741. The van der Waals surface area contributed by atoms with Gasteiger partial charge in [-0.15, -0.1) is 10.2 Å². The number of carbonyl (C=O) groups excluding carboxylic acids is 1. The van der Waals surface area contributed by atoms with Crippen LogP contribution in [-0.2, 0) is 22.5 Å². The molecule has 1 aliphatic heterocycles. The van der Waals surface area contributed by atoms with Crippen molar-refractivity contribution in [3.8, 4) is 22.9 Å². The first-order chi connectivity index (χ1) is 11.7. The molecule has 1 atom stereocenters. The number of methoxy groups -OCH3 is 2. The number of carbonyl (C=O) groups is 1. The molecule has 7 nitrogen and oxygen atoms in total. The molecule has 0 fully saturated rings. The maximum atomic E-state index is 11.9. The Hall–Kier alpha value is -2.57. The molecule has 24 heavy (non-hydrogen) atoms. The third-order valence-corrected chi connectivity index (χ3v) is 4.20. The molecule has 1 aromatic heterocycles. The van der Waals surface area contributed by atoms with Crippen molar-refractivity contribution in [2.75, 3.05) is 20.8 Å². The Labute approximate surface area is 140 Å². The molecule has 0 bridgehead atoms. The highest BCUT2D eigenvalue weighted by Gasteiger charge is 2.28. The molecule has 1 unspecified atom stereocenters. The van der Waals surface area contributed by atoms with Gasteiger partial charge in [0.15, 0.2) is 17.3 Å². The van der Waals surface area contributed by atoms with Crippen molar-refractivity contribution in [2.45, 2.75) is 26.3 Å². The second-order valence-electron chi connectivity index (χ2n) is 5.61. The topological polar surface area (TPSA) is 75.5 Å². The number of ether oxygens (including phenoxy) is 3. The Morgan fingerprint density at radius 1 is 1.29 bits per heavy atom. The highest BCUT2D eigenvalue weighted by Crippen LogP contribution is 2.33. The lowest BCUT2D eigenvalue weighted by atomic mass is 9.99. The predicted octanol–water partition coefficient (Wildman–Crippen LogP) is 2.09. The van der Waals surface area contributed by atoms with E-state index in [1.54, 1.807) is 7.11 Å². The van der Waals surface area contributed by atoms with Crippen LogP contribution in [-0.4, -0.2) is 41.6 Å². The summed E-state index contributed by atoms with van der Waals surface area (Å²) in [4.78, 5) is 11.9. The number of aryl methyl sites for hydroxylation is 1. The molecule has 2 aromatic rings. The zero-order chi connectivity index (χ0) is 17.1. The van der Waals surface area contributed by atoms with Gasteiger partial charge in [-0.05, 0) is 31.5 Å². The van der Waals surface area contributed by atoms with E-state index in [4.69, 9.17) is 14.2 Å². The molecule has 2 heterocycles. The maximum Gasteiger partial charge on any atom is 0.310 e. The summed E-state index contributed by atoms with van der Waals surface area (Å²) in [5.41, 5.74) is 0.875. The molecule has 3 rings (SSSR count). The third-order valence-electron chi connectivity index (χ3n) is 4.20. The molecular formula is C17H21N3O4. The van der Waals surface area contributed by atoms with Crippen molar-refractivity contribution in [2.24, 2.45) is 5.92 Å². The van der Waals surface area contributed by atoms with Gasteiger partial charge in [-0.25, -0.2) is 0 Å². The molecule has 1 aromatic carbocycles. The van der Waals surface area contributed by atoms with Crippen LogP contribution in [0.3, 0.4) is 0 Å². The number of esters is 1. The number of hydrogen-bond acceptors (Lipinski definition) is 6. The summed E-state index contributed by atoms with van der Waals surface area (Å²) in [6.07, 6.45) is 1.44. The van der Waals surface area contributed by atoms with Crippen molar-refractivity contribution in [3.63, 3.8) is 0 Å². The molecule has 0 saturated carbocycles. The van der Waals surface area contributed by atoms with Crippen molar-refractivity contribution < 1.29 is 19.0 Å². The van der Waals surface area contributed by atoms with E-state index < -0.39 is 0 Å². The summed E-state index contributed by atoms with van der Waals surface area (Å²) in [7, 11) is 3.02. The van der Waals surface area contributed by atoms with Crippen LogP contribution in [0, 0.1) is 5.92 Å². The minimum atomic E-state index is -0.190. The smallest absolute Gasteiger partial charge is 0.310 e. The molecule has 0 aliphatic carbocycles. The molecule has 0 radical (unpaired) electrons. The molecular weight excluding hydrogens is 310 g/mol. The van der Waals surface area contributed by atoms with Crippen LogP contribution in [0.4, 0.5) is 0 Å². The number of aromatic nitrogens is 3. The van der Waals surface area contributed by atoms with Crippen LogP contribution in [0.15, 0.2) is 18.2 Å². The molecule has 0 amide bonds. The van der Waals surface area contributed by atoms with Crippen molar-refractivity contribution in [1.82, 2.24) is 14.8 Å². The highest BCUT2D eigenvalue weighted by atomic mass is 16.5. The normalized spacial score (nSPS) is 16.4. The Kier molecular flexibility index (Phi) is 4.69. The minimum absolute atomic E-state index is 0.165. The van der Waals surface area contributed by atoms with Gasteiger partial charge in [0, 0.05) is 18.5 Å². The summed E-state index contributed by atoms with van der Waals surface area (Å²) in [6.45, 7) is 3.02. The summed E-state index contributed by atoms with van der Waals surface area (Å²) in [5, 5.41) is 8.56. The van der Waals surface area contributed by atoms with Crippen LogP contribution in [0.25, 0.3) is 11.4 Å². The van der Waals surface area contributed by atoms with Gasteiger partial charge in [0.05, 0.1) is 26.7 Å². The third kappa shape index (κ3) is 2.93. The summed E-state index contributed by atoms with van der Waals surface area (Å²) in [5.74, 6) is 2.59. The number of nitrogens with zero attached hydrogens (tertiary/aromatic N) is 3. The first-order valence-electron chi connectivity index (χ1n) is 7.99. The minimum Gasteiger partial charge on any atom is -0.493 e. The molecule has 128 valence electrons. The van der Waals surface area contributed by atoms with E-state index in [0.29, 0.717) is 31.1 Å². The van der Waals surface area contributed by atoms with Crippen molar-refractivity contribution >= 4 is 5.97 Å². The number of benzene rings is 1. The predicted molar refractivity (Wildman–Crippen MR) is 87.0 cm³/mol. The van der Waals surface area contributed by atoms with Crippen LogP contribution in [0.1, 0.15) is 19.2 Å². The van der Waals surface area contributed by atoms with E-state index in [-0.39, 0.29) is 11.9 Å². The van der Waals surface area contributed by atoms with Crippen LogP contribution < -0.4 is 9.47 Å². The number of rotatable bonds is 5. The van der Waals surface area contributed by atoms with E-state index in [2.05, 4.69) is 10.2 Å². The van der Waals surface area contributed by atoms with Crippen molar-refractivity contribution in [3.05, 3.63) is 24.0 Å². The molecule has 0 saturated heterocycles. The summed E-state index contributed by atoms with van der Waals surface area (Å²) >= 11 is 0. The SMILES string of the molecule is CCOc1ccc(-c2nnc3n2CC(C(=O)OC)CC3)cc1OC. The number of hydrogen-bond donors (Lipinski definition) is 0. The standard InChI is InChI=1S/C17H21N3O4/c1-4-24-13-7-5-11(9-14(13)22-2)16-19-18-15-8-6-12(10-20(15)16)17(21)23-3/h5,7,9,12H,4,6,8,10H2,1-3H3. The zero-order valence-electron chi connectivity index (χ0n) is 14.1. The fourth-order valence-corrected chi connectivity index (χ4v) is 2.98. The lowest BCUT2D eigenvalue weighted by molar-refractivity contribution is -0.146. The zero-order valence-corrected chi connectivity index (χ0v) is 14.1. The van der Waals surface area contributed by atoms with Gasteiger partial charge in [0.1, 0.15) is 5.82 Å². The largest absolute Gasteiger partial charge is 0.493 e. The monoisotopic (exact) mass is 331 g/mol. The van der Waals surface area contributed by atoms with Crippen LogP contribution in [0.2, 0.25) is 0 Å². The van der Waals surface area contributed by atoms with Gasteiger partial charge in [0.25, 0.3) is 0 Å². The Morgan fingerprint density at radius 3 is 2.83 bits per heavy atom. The van der Waals surface area contributed by atoms with E-state index in [0.717, 1.165) is 23.6 Å². The number of fused-ring (bicyclic) bond motifs is 1. The Morgan fingerprint density at radius 2 is 2.12 bits per heavy atom. The fraction of sp³-hybridized carbons (Fsp3) is 0.471. The maximum absolute atomic E-state index is 11.9. The molecule has 0 N–H and O–H groups in total. The molecule has 0 spiro atoms. The quantitative estimate of drug-likeness (QED) is 0.781. The van der Waals surface area contributed by atoms with Gasteiger partial charge in [-0.3, -0.25) is 4.79 Å². The highest BCUT2D eigenvalue weighted by molar-refractivity contribution is 5.72. The average Bonchev–Trinajstić information content (AvgIpc) is 3.04. The first-order valence-corrected chi connectivity index (χ1v) is 7.99.